The van der Waals surface area contributed by atoms with E-state index in [-0.39, 0.29) is 0 Å². The van der Waals surface area contributed by atoms with Crippen molar-refractivity contribution in [3.63, 3.8) is 0 Å². The first kappa shape index (κ1) is 14.8. The van der Waals surface area contributed by atoms with Crippen molar-refractivity contribution in [3.8, 4) is 5.88 Å². The maximum atomic E-state index is 6.06. The summed E-state index contributed by atoms with van der Waals surface area (Å²) in [6.07, 6.45) is 4.47. The van der Waals surface area contributed by atoms with Crippen LogP contribution in [0.25, 0.3) is 0 Å². The van der Waals surface area contributed by atoms with Crippen molar-refractivity contribution in [1.29, 1.82) is 0 Å². The Bertz CT molecular complexity index is 531. The number of aromatic nitrogens is 2. The van der Waals surface area contributed by atoms with E-state index in [1.54, 1.807) is 12.4 Å². The van der Waals surface area contributed by atoms with Crippen LogP contribution < -0.4 is 10.1 Å². The van der Waals surface area contributed by atoms with Gasteiger partial charge in [0.1, 0.15) is 6.61 Å². The molecule has 5 heteroatoms. The van der Waals surface area contributed by atoms with Crippen molar-refractivity contribution in [1.82, 2.24) is 15.3 Å². The topological polar surface area (TPSA) is 47.0 Å². The summed E-state index contributed by atoms with van der Waals surface area (Å²) in [6.45, 7) is 4.23. The maximum Gasteiger partial charge on any atom is 0.232 e. The molecule has 0 fully saturated rings. The molecule has 0 spiro atoms. The standard InChI is InChI=1S/C15H18ClN3O/c1-2-7-17-8-13-9-19-15(10-18-13)20-11-12-5-3-4-6-14(12)16/h3-6,9-10,17H,2,7-8,11H2,1H3. The molecule has 0 atom stereocenters. The van der Waals surface area contributed by atoms with Gasteiger partial charge in [-0.15, -0.1) is 0 Å². The van der Waals surface area contributed by atoms with Gasteiger partial charge in [-0.2, -0.15) is 0 Å². The molecule has 0 aliphatic heterocycles. The number of rotatable bonds is 7. The fourth-order valence-corrected chi connectivity index (χ4v) is 1.86. The van der Waals surface area contributed by atoms with E-state index in [9.17, 15) is 0 Å². The smallest absolute Gasteiger partial charge is 0.232 e. The summed E-state index contributed by atoms with van der Waals surface area (Å²) in [5.74, 6) is 0.504. The minimum atomic E-state index is 0.391. The predicted molar refractivity (Wildman–Crippen MR) is 79.8 cm³/mol. The van der Waals surface area contributed by atoms with Crippen molar-refractivity contribution in [3.05, 3.63) is 52.9 Å². The molecule has 0 aliphatic carbocycles. The number of hydrogen-bond acceptors (Lipinski definition) is 4. The Morgan fingerprint density at radius 1 is 1.20 bits per heavy atom. The highest BCUT2D eigenvalue weighted by atomic mass is 35.5. The lowest BCUT2D eigenvalue weighted by molar-refractivity contribution is 0.292. The Kier molecular flexibility index (Phi) is 5.77. The van der Waals surface area contributed by atoms with Gasteiger partial charge in [0, 0.05) is 17.1 Å². The molecule has 2 aromatic rings. The van der Waals surface area contributed by atoms with Crippen molar-refractivity contribution in [2.24, 2.45) is 0 Å². The monoisotopic (exact) mass is 291 g/mol. The van der Waals surface area contributed by atoms with Crippen LogP contribution >= 0.6 is 11.6 Å². The molecule has 0 aliphatic rings. The fourth-order valence-electron chi connectivity index (χ4n) is 1.67. The molecule has 1 N–H and O–H groups in total. The molecule has 1 heterocycles. The molecule has 0 saturated heterocycles. The van der Waals surface area contributed by atoms with E-state index in [0.29, 0.717) is 17.5 Å². The molecule has 0 amide bonds. The number of halogens is 1. The van der Waals surface area contributed by atoms with Crippen LogP contribution in [0.5, 0.6) is 5.88 Å². The first-order chi connectivity index (χ1) is 9.79. The lowest BCUT2D eigenvalue weighted by atomic mass is 10.2. The quantitative estimate of drug-likeness (QED) is 0.796. The minimum Gasteiger partial charge on any atom is -0.472 e. The Hall–Kier alpha value is -1.65. The zero-order valence-electron chi connectivity index (χ0n) is 11.5. The molecule has 0 bridgehead atoms. The second kappa shape index (κ2) is 7.82. The van der Waals surface area contributed by atoms with Gasteiger partial charge in [-0.25, -0.2) is 4.98 Å². The third-order valence-electron chi connectivity index (χ3n) is 2.75. The Labute approximate surface area is 124 Å². The van der Waals surface area contributed by atoms with Gasteiger partial charge in [-0.05, 0) is 19.0 Å². The molecular formula is C15H18ClN3O. The number of nitrogens with zero attached hydrogens (tertiary/aromatic N) is 2. The SMILES string of the molecule is CCCNCc1cnc(OCc2ccccc2Cl)cn1. The van der Waals surface area contributed by atoms with Crippen LogP contribution in [0.4, 0.5) is 0 Å². The molecule has 0 radical (unpaired) electrons. The highest BCUT2D eigenvalue weighted by molar-refractivity contribution is 6.31. The van der Waals surface area contributed by atoms with Crippen LogP contribution in [0.1, 0.15) is 24.6 Å². The van der Waals surface area contributed by atoms with E-state index < -0.39 is 0 Å². The van der Waals surface area contributed by atoms with E-state index >= 15 is 0 Å². The summed E-state index contributed by atoms with van der Waals surface area (Å²) >= 11 is 6.06. The maximum absolute atomic E-state index is 6.06. The third kappa shape index (κ3) is 4.47. The zero-order chi connectivity index (χ0) is 14.2. The summed E-state index contributed by atoms with van der Waals surface area (Å²) < 4.78 is 5.58. The van der Waals surface area contributed by atoms with Gasteiger partial charge >= 0.3 is 0 Å². The molecule has 106 valence electrons. The van der Waals surface area contributed by atoms with Gasteiger partial charge in [-0.3, -0.25) is 4.98 Å². The normalized spacial score (nSPS) is 10.5. The third-order valence-corrected chi connectivity index (χ3v) is 3.12. The minimum absolute atomic E-state index is 0.391. The Morgan fingerprint density at radius 3 is 2.75 bits per heavy atom. The predicted octanol–water partition coefficient (Wildman–Crippen LogP) is 3.21. The lowest BCUT2D eigenvalue weighted by Gasteiger charge is -2.07. The molecule has 0 unspecified atom stereocenters. The Balaban J connectivity index is 1.86. The van der Waals surface area contributed by atoms with Crippen LogP contribution in [-0.2, 0) is 13.2 Å². The largest absolute Gasteiger partial charge is 0.472 e. The average Bonchev–Trinajstić information content (AvgIpc) is 2.48. The van der Waals surface area contributed by atoms with E-state index in [0.717, 1.165) is 30.8 Å². The van der Waals surface area contributed by atoms with Gasteiger partial charge in [0.2, 0.25) is 5.88 Å². The molecule has 2 rings (SSSR count). The number of hydrogen-bond donors (Lipinski definition) is 1. The van der Waals surface area contributed by atoms with Crippen LogP contribution in [0.3, 0.4) is 0 Å². The number of benzene rings is 1. The van der Waals surface area contributed by atoms with Crippen molar-refractivity contribution in [2.45, 2.75) is 26.5 Å². The summed E-state index contributed by atoms with van der Waals surface area (Å²) in [4.78, 5) is 8.54. The molecular weight excluding hydrogens is 274 g/mol. The lowest BCUT2D eigenvalue weighted by Crippen LogP contribution is -2.15. The first-order valence-electron chi connectivity index (χ1n) is 6.67. The van der Waals surface area contributed by atoms with E-state index in [4.69, 9.17) is 16.3 Å². The summed E-state index contributed by atoms with van der Waals surface area (Å²) in [7, 11) is 0. The second-order valence-corrected chi connectivity index (χ2v) is 4.81. The Morgan fingerprint density at radius 2 is 2.05 bits per heavy atom. The molecule has 0 saturated carbocycles. The number of nitrogens with one attached hydrogen (secondary N) is 1. The molecule has 4 nitrogen and oxygen atoms in total. The second-order valence-electron chi connectivity index (χ2n) is 4.40. The van der Waals surface area contributed by atoms with Crippen molar-refractivity contribution in [2.75, 3.05) is 6.54 Å². The van der Waals surface area contributed by atoms with Crippen LogP contribution in [0.2, 0.25) is 5.02 Å². The highest BCUT2D eigenvalue weighted by Gasteiger charge is 2.02. The molecule has 20 heavy (non-hydrogen) atoms. The summed E-state index contributed by atoms with van der Waals surface area (Å²) in [5.41, 5.74) is 1.84. The zero-order valence-corrected chi connectivity index (χ0v) is 12.2. The molecule has 1 aromatic carbocycles. The van der Waals surface area contributed by atoms with Gasteiger partial charge in [0.25, 0.3) is 0 Å². The number of ether oxygens (including phenoxy) is 1. The van der Waals surface area contributed by atoms with E-state index in [2.05, 4.69) is 22.2 Å². The van der Waals surface area contributed by atoms with Crippen LogP contribution in [-0.4, -0.2) is 16.5 Å². The first-order valence-corrected chi connectivity index (χ1v) is 7.05. The van der Waals surface area contributed by atoms with Crippen molar-refractivity contribution < 1.29 is 4.74 Å². The van der Waals surface area contributed by atoms with Gasteiger partial charge in [0.15, 0.2) is 0 Å². The summed E-state index contributed by atoms with van der Waals surface area (Å²) in [6, 6.07) is 7.59. The van der Waals surface area contributed by atoms with Crippen LogP contribution in [0.15, 0.2) is 36.7 Å². The van der Waals surface area contributed by atoms with Crippen molar-refractivity contribution >= 4 is 11.6 Å². The van der Waals surface area contributed by atoms with Gasteiger partial charge < -0.3 is 10.1 Å². The van der Waals surface area contributed by atoms with Crippen LogP contribution in [0, 0.1) is 0 Å². The van der Waals surface area contributed by atoms with Gasteiger partial charge in [0.05, 0.1) is 18.1 Å². The average molecular weight is 292 g/mol. The van der Waals surface area contributed by atoms with E-state index in [1.807, 2.05) is 24.3 Å². The summed E-state index contributed by atoms with van der Waals surface area (Å²) in [5, 5.41) is 3.97. The molecule has 1 aromatic heterocycles. The van der Waals surface area contributed by atoms with E-state index in [1.165, 1.54) is 0 Å². The highest BCUT2D eigenvalue weighted by Crippen LogP contribution is 2.16. The van der Waals surface area contributed by atoms with Gasteiger partial charge in [-0.1, -0.05) is 36.7 Å². The fraction of sp³-hybridized carbons (Fsp3) is 0.333.